The van der Waals surface area contributed by atoms with E-state index < -0.39 is 11.1 Å². The lowest BCUT2D eigenvalue weighted by molar-refractivity contribution is -0.149. The first-order chi connectivity index (χ1) is 9.00. The van der Waals surface area contributed by atoms with Crippen LogP contribution >= 0.6 is 0 Å². The number of hydrogen-bond donors (Lipinski definition) is 2. The van der Waals surface area contributed by atoms with Crippen molar-refractivity contribution in [2.45, 2.75) is 69.4 Å². The summed E-state index contributed by atoms with van der Waals surface area (Å²) in [6.45, 7) is 2.74. The molecule has 2 fully saturated rings. The molecule has 19 heavy (non-hydrogen) atoms. The Morgan fingerprint density at radius 3 is 2.37 bits per heavy atom. The summed E-state index contributed by atoms with van der Waals surface area (Å²) in [5, 5.41) is 13.9. The monoisotopic (exact) mass is 269 g/mol. The molecule has 0 saturated heterocycles. The lowest BCUT2D eigenvalue weighted by Crippen LogP contribution is -2.56. The third-order valence-corrected chi connectivity index (χ3v) is 4.99. The Morgan fingerprint density at radius 2 is 1.84 bits per heavy atom. The van der Waals surface area contributed by atoms with Crippen LogP contribution in [0.3, 0.4) is 0 Å². The van der Waals surface area contributed by atoms with Gasteiger partial charge in [-0.25, -0.2) is 0 Å². The molecule has 4 heteroatoms. The third kappa shape index (κ3) is 3.29. The Labute approximate surface area is 115 Å². The van der Waals surface area contributed by atoms with Gasteiger partial charge in [0, 0.05) is 6.54 Å². The summed E-state index contributed by atoms with van der Waals surface area (Å²) in [5.74, 6) is 0.541. The van der Waals surface area contributed by atoms with Gasteiger partial charge in [0.2, 0.25) is 0 Å². The van der Waals surface area contributed by atoms with E-state index in [1.165, 1.54) is 7.11 Å². The largest absolute Gasteiger partial charge is 0.468 e. The van der Waals surface area contributed by atoms with Crippen LogP contribution in [0.25, 0.3) is 0 Å². The first-order valence-electron chi connectivity index (χ1n) is 7.56. The number of β-amino-alcohol motifs (C(OH)–C–C–N with tert-alkyl or cyclic N) is 1. The zero-order chi connectivity index (χ0) is 13.9. The first kappa shape index (κ1) is 14.8. The number of carbonyl (C=O) groups excluding carboxylic acids is 1. The Hall–Kier alpha value is -0.610. The Balaban J connectivity index is 1.94. The summed E-state index contributed by atoms with van der Waals surface area (Å²) in [4.78, 5) is 12.0. The molecule has 0 heterocycles. The van der Waals surface area contributed by atoms with Crippen LogP contribution in [0.1, 0.15) is 58.3 Å². The fraction of sp³-hybridized carbons (Fsp3) is 0.933. The zero-order valence-corrected chi connectivity index (χ0v) is 12.2. The van der Waals surface area contributed by atoms with E-state index in [9.17, 15) is 9.90 Å². The number of nitrogens with one attached hydrogen (secondary N) is 1. The molecule has 2 N–H and O–H groups in total. The fourth-order valence-electron chi connectivity index (χ4n) is 3.44. The molecule has 0 unspecified atom stereocenters. The van der Waals surface area contributed by atoms with Crippen LogP contribution in [0.2, 0.25) is 0 Å². The van der Waals surface area contributed by atoms with Crippen molar-refractivity contribution in [3.05, 3.63) is 0 Å². The van der Waals surface area contributed by atoms with Gasteiger partial charge in [-0.2, -0.15) is 0 Å². The van der Waals surface area contributed by atoms with E-state index in [0.29, 0.717) is 12.5 Å². The molecule has 0 aromatic heterocycles. The minimum absolute atomic E-state index is 0.169. The Kier molecular flexibility index (Phi) is 4.51. The van der Waals surface area contributed by atoms with Crippen LogP contribution in [0, 0.1) is 5.92 Å². The number of methoxy groups -OCH3 is 1. The summed E-state index contributed by atoms with van der Waals surface area (Å²) in [5.41, 5.74) is -1.19. The number of carbonyl (C=O) groups is 1. The highest BCUT2D eigenvalue weighted by Gasteiger charge is 2.44. The van der Waals surface area contributed by atoms with Gasteiger partial charge in [0.15, 0.2) is 0 Å². The second-order valence-electron chi connectivity index (χ2n) is 6.54. The van der Waals surface area contributed by atoms with Crippen molar-refractivity contribution in [1.29, 1.82) is 0 Å². The second-order valence-corrected chi connectivity index (χ2v) is 6.54. The molecule has 0 aliphatic heterocycles. The molecule has 0 aromatic rings. The van der Waals surface area contributed by atoms with E-state index in [0.717, 1.165) is 51.4 Å². The highest BCUT2D eigenvalue weighted by atomic mass is 16.5. The maximum Gasteiger partial charge on any atom is 0.326 e. The highest BCUT2D eigenvalue weighted by Crippen LogP contribution is 2.34. The van der Waals surface area contributed by atoms with Crippen molar-refractivity contribution in [3.8, 4) is 0 Å². The predicted octanol–water partition coefficient (Wildman–Crippen LogP) is 2.00. The van der Waals surface area contributed by atoms with Crippen molar-refractivity contribution >= 4 is 5.97 Å². The van der Waals surface area contributed by atoms with Crippen molar-refractivity contribution in [3.63, 3.8) is 0 Å². The van der Waals surface area contributed by atoms with Gasteiger partial charge in [-0.3, -0.25) is 10.1 Å². The minimum Gasteiger partial charge on any atom is -0.468 e. The number of ether oxygens (including phenoxy) is 1. The van der Waals surface area contributed by atoms with Gasteiger partial charge in [0.25, 0.3) is 0 Å². The van der Waals surface area contributed by atoms with Crippen molar-refractivity contribution in [2.24, 2.45) is 5.92 Å². The molecule has 0 spiro atoms. The average molecular weight is 269 g/mol. The van der Waals surface area contributed by atoms with Gasteiger partial charge in [-0.05, 0) is 44.4 Å². The van der Waals surface area contributed by atoms with Gasteiger partial charge < -0.3 is 9.84 Å². The lowest BCUT2D eigenvalue weighted by atomic mass is 9.79. The number of esters is 1. The van der Waals surface area contributed by atoms with Crippen molar-refractivity contribution < 1.29 is 14.6 Å². The standard InChI is InChI=1S/C15H27NO3/c1-12-5-9-14(18,10-6-12)11-16-15(13(17)19-2)7-3-4-8-15/h12,16,18H,3-11H2,1-2H3. The van der Waals surface area contributed by atoms with Crippen LogP contribution in [0.15, 0.2) is 0 Å². The minimum atomic E-state index is -0.643. The number of rotatable bonds is 4. The fourth-order valence-corrected chi connectivity index (χ4v) is 3.44. The Bertz CT molecular complexity index is 315. The lowest BCUT2D eigenvalue weighted by Gasteiger charge is -2.38. The van der Waals surface area contributed by atoms with Crippen molar-refractivity contribution in [2.75, 3.05) is 13.7 Å². The van der Waals surface area contributed by atoms with Gasteiger partial charge in [-0.1, -0.05) is 19.8 Å². The molecule has 110 valence electrons. The summed E-state index contributed by atoms with van der Waals surface area (Å²) in [6, 6.07) is 0. The zero-order valence-electron chi connectivity index (χ0n) is 12.2. The molecule has 4 nitrogen and oxygen atoms in total. The molecule has 0 radical (unpaired) electrons. The quantitative estimate of drug-likeness (QED) is 0.766. The normalized spacial score (nSPS) is 34.2. The smallest absolute Gasteiger partial charge is 0.326 e. The van der Waals surface area contributed by atoms with E-state index in [2.05, 4.69) is 12.2 Å². The van der Waals surface area contributed by atoms with E-state index in [1.54, 1.807) is 0 Å². The maximum atomic E-state index is 12.0. The molecular weight excluding hydrogens is 242 g/mol. The van der Waals surface area contributed by atoms with Crippen molar-refractivity contribution in [1.82, 2.24) is 5.32 Å². The summed E-state index contributed by atoms with van der Waals surface area (Å²) in [7, 11) is 1.45. The second kappa shape index (κ2) is 5.80. The van der Waals surface area contributed by atoms with Crippen LogP contribution < -0.4 is 5.32 Å². The molecule has 0 aromatic carbocycles. The highest BCUT2D eigenvalue weighted by molar-refractivity contribution is 5.81. The molecule has 2 rings (SSSR count). The molecular formula is C15H27NO3. The Morgan fingerprint density at radius 1 is 1.26 bits per heavy atom. The summed E-state index contributed by atoms with van der Waals surface area (Å²) < 4.78 is 4.94. The summed E-state index contributed by atoms with van der Waals surface area (Å²) in [6.07, 6.45) is 7.57. The van der Waals surface area contributed by atoms with E-state index in [-0.39, 0.29) is 5.97 Å². The third-order valence-electron chi connectivity index (χ3n) is 4.99. The van der Waals surface area contributed by atoms with Gasteiger partial charge in [0.1, 0.15) is 5.54 Å². The van der Waals surface area contributed by atoms with Crippen LogP contribution in [0.4, 0.5) is 0 Å². The first-order valence-corrected chi connectivity index (χ1v) is 7.56. The molecule has 2 aliphatic carbocycles. The molecule has 0 atom stereocenters. The average Bonchev–Trinajstić information content (AvgIpc) is 2.90. The van der Waals surface area contributed by atoms with Gasteiger partial charge in [-0.15, -0.1) is 0 Å². The molecule has 0 bridgehead atoms. The molecule has 2 saturated carbocycles. The van der Waals surface area contributed by atoms with Crippen LogP contribution in [0.5, 0.6) is 0 Å². The van der Waals surface area contributed by atoms with Crippen LogP contribution in [-0.2, 0) is 9.53 Å². The van der Waals surface area contributed by atoms with Crippen LogP contribution in [-0.4, -0.2) is 35.9 Å². The van der Waals surface area contributed by atoms with E-state index >= 15 is 0 Å². The van der Waals surface area contributed by atoms with Gasteiger partial charge in [0.05, 0.1) is 12.7 Å². The number of aliphatic hydroxyl groups is 1. The maximum absolute atomic E-state index is 12.0. The topological polar surface area (TPSA) is 58.6 Å². The molecule has 0 amide bonds. The number of hydrogen-bond acceptors (Lipinski definition) is 4. The SMILES string of the molecule is COC(=O)C1(NCC2(O)CCC(C)CC2)CCCC1. The van der Waals surface area contributed by atoms with E-state index in [4.69, 9.17) is 4.74 Å². The predicted molar refractivity (Wildman–Crippen MR) is 73.8 cm³/mol. The van der Waals surface area contributed by atoms with Gasteiger partial charge >= 0.3 is 5.97 Å². The van der Waals surface area contributed by atoms with E-state index in [1.807, 2.05) is 0 Å². The molecule has 2 aliphatic rings. The summed E-state index contributed by atoms with van der Waals surface area (Å²) >= 11 is 0.